The van der Waals surface area contributed by atoms with Crippen molar-refractivity contribution in [3.05, 3.63) is 30.1 Å². The molecule has 0 radical (unpaired) electrons. The number of nitrogens with zero attached hydrogens (tertiary/aromatic N) is 1. The number of hydrogen-bond acceptors (Lipinski definition) is 3. The Hall–Kier alpha value is -1.42. The average molecular weight is 206 g/mol. The summed E-state index contributed by atoms with van der Waals surface area (Å²) in [5.41, 5.74) is 1.11. The van der Waals surface area contributed by atoms with Gasteiger partial charge in [0.15, 0.2) is 0 Å². The van der Waals surface area contributed by atoms with Gasteiger partial charge in [0.2, 0.25) is 0 Å². The normalized spacial score (nSPS) is 25.3. The van der Waals surface area contributed by atoms with Crippen LogP contribution in [0.15, 0.2) is 24.5 Å². The summed E-state index contributed by atoms with van der Waals surface area (Å²) in [6.07, 6.45) is 5.24. The molecule has 1 saturated heterocycles. The maximum atomic E-state index is 10.9. The van der Waals surface area contributed by atoms with Gasteiger partial charge in [-0.05, 0) is 36.9 Å². The van der Waals surface area contributed by atoms with E-state index in [0.29, 0.717) is 0 Å². The van der Waals surface area contributed by atoms with E-state index in [2.05, 4.69) is 10.3 Å². The molecule has 1 aromatic heterocycles. The van der Waals surface area contributed by atoms with Gasteiger partial charge in [0, 0.05) is 12.4 Å². The lowest BCUT2D eigenvalue weighted by Crippen LogP contribution is -2.36. The SMILES string of the molecule is O=C(O)[C@H]1NCCC1Cc1cccnc1. The van der Waals surface area contributed by atoms with E-state index in [-0.39, 0.29) is 5.92 Å². The molecular formula is C11H14N2O2. The highest BCUT2D eigenvalue weighted by molar-refractivity contribution is 5.74. The highest BCUT2D eigenvalue weighted by atomic mass is 16.4. The van der Waals surface area contributed by atoms with Crippen molar-refractivity contribution in [2.45, 2.75) is 18.9 Å². The second kappa shape index (κ2) is 4.40. The van der Waals surface area contributed by atoms with Gasteiger partial charge < -0.3 is 10.4 Å². The Balaban J connectivity index is 2.03. The van der Waals surface area contributed by atoms with Crippen LogP contribution in [-0.4, -0.2) is 28.6 Å². The van der Waals surface area contributed by atoms with Crippen LogP contribution in [0.4, 0.5) is 0 Å². The van der Waals surface area contributed by atoms with E-state index >= 15 is 0 Å². The van der Waals surface area contributed by atoms with Gasteiger partial charge in [-0.3, -0.25) is 9.78 Å². The number of carboxylic acids is 1. The van der Waals surface area contributed by atoms with Crippen LogP contribution in [0.3, 0.4) is 0 Å². The average Bonchev–Trinajstić information content (AvgIpc) is 2.67. The zero-order chi connectivity index (χ0) is 10.7. The number of carbonyl (C=O) groups is 1. The van der Waals surface area contributed by atoms with Gasteiger partial charge in [-0.2, -0.15) is 0 Å². The predicted octanol–water partition coefficient (Wildman–Crippen LogP) is 0.687. The number of carboxylic acid groups (broad SMARTS) is 1. The molecule has 0 bridgehead atoms. The molecule has 15 heavy (non-hydrogen) atoms. The lowest BCUT2D eigenvalue weighted by atomic mass is 9.93. The number of nitrogens with one attached hydrogen (secondary N) is 1. The Morgan fingerprint density at radius 2 is 2.53 bits per heavy atom. The molecule has 80 valence electrons. The van der Waals surface area contributed by atoms with Crippen LogP contribution >= 0.6 is 0 Å². The molecule has 1 fully saturated rings. The molecule has 0 amide bonds. The third-order valence-electron chi connectivity index (χ3n) is 2.84. The Morgan fingerprint density at radius 1 is 1.67 bits per heavy atom. The van der Waals surface area contributed by atoms with Crippen LogP contribution in [0, 0.1) is 5.92 Å². The molecule has 2 atom stereocenters. The first-order chi connectivity index (χ1) is 7.27. The highest BCUT2D eigenvalue weighted by Crippen LogP contribution is 2.20. The molecular weight excluding hydrogens is 192 g/mol. The molecule has 1 aliphatic heterocycles. The number of pyridine rings is 1. The van der Waals surface area contributed by atoms with Gasteiger partial charge in [-0.15, -0.1) is 0 Å². The first-order valence-corrected chi connectivity index (χ1v) is 5.12. The molecule has 4 heteroatoms. The van der Waals surface area contributed by atoms with Crippen molar-refractivity contribution in [3.8, 4) is 0 Å². The minimum atomic E-state index is -0.749. The molecule has 2 rings (SSSR count). The fraction of sp³-hybridized carbons (Fsp3) is 0.455. The van der Waals surface area contributed by atoms with Crippen LogP contribution in [0.1, 0.15) is 12.0 Å². The van der Waals surface area contributed by atoms with E-state index < -0.39 is 12.0 Å². The zero-order valence-corrected chi connectivity index (χ0v) is 8.39. The summed E-state index contributed by atoms with van der Waals surface area (Å²) in [5.74, 6) is -0.562. The standard InChI is InChI=1S/C11H14N2O2/c14-11(15)10-9(3-5-13-10)6-8-2-1-4-12-7-8/h1-2,4,7,9-10,13H,3,5-6H2,(H,14,15)/t9?,10-/m0/s1. The minimum Gasteiger partial charge on any atom is -0.480 e. The Kier molecular flexibility index (Phi) is 2.97. The predicted molar refractivity (Wildman–Crippen MR) is 55.5 cm³/mol. The summed E-state index contributed by atoms with van der Waals surface area (Å²) in [4.78, 5) is 15.0. The van der Waals surface area contributed by atoms with Crippen LogP contribution in [-0.2, 0) is 11.2 Å². The Bertz CT molecular complexity index is 340. The molecule has 2 N–H and O–H groups in total. The van der Waals surface area contributed by atoms with Crippen molar-refractivity contribution in [1.82, 2.24) is 10.3 Å². The summed E-state index contributed by atoms with van der Waals surface area (Å²) >= 11 is 0. The van der Waals surface area contributed by atoms with Crippen LogP contribution < -0.4 is 5.32 Å². The highest BCUT2D eigenvalue weighted by Gasteiger charge is 2.32. The fourth-order valence-electron chi connectivity index (χ4n) is 2.09. The third-order valence-corrected chi connectivity index (χ3v) is 2.84. The summed E-state index contributed by atoms with van der Waals surface area (Å²) in [6.45, 7) is 0.794. The number of rotatable bonds is 3. The quantitative estimate of drug-likeness (QED) is 0.763. The van der Waals surface area contributed by atoms with Crippen LogP contribution in [0.5, 0.6) is 0 Å². The topological polar surface area (TPSA) is 62.2 Å². The summed E-state index contributed by atoms with van der Waals surface area (Å²) < 4.78 is 0. The van der Waals surface area contributed by atoms with Crippen molar-refractivity contribution < 1.29 is 9.90 Å². The number of aromatic nitrogens is 1. The summed E-state index contributed by atoms with van der Waals surface area (Å²) in [7, 11) is 0. The van der Waals surface area contributed by atoms with E-state index in [1.54, 1.807) is 12.4 Å². The molecule has 0 aliphatic carbocycles. The van der Waals surface area contributed by atoms with E-state index in [1.165, 1.54) is 0 Å². The van der Waals surface area contributed by atoms with Gasteiger partial charge in [0.1, 0.15) is 6.04 Å². The molecule has 4 nitrogen and oxygen atoms in total. The fourth-order valence-corrected chi connectivity index (χ4v) is 2.09. The molecule has 0 saturated carbocycles. The molecule has 0 spiro atoms. The minimum absolute atomic E-state index is 0.187. The Labute approximate surface area is 88.3 Å². The van der Waals surface area contributed by atoms with Gasteiger partial charge in [0.05, 0.1) is 0 Å². The van der Waals surface area contributed by atoms with Crippen molar-refractivity contribution in [2.24, 2.45) is 5.92 Å². The van der Waals surface area contributed by atoms with Crippen molar-refractivity contribution >= 4 is 5.97 Å². The Morgan fingerprint density at radius 3 is 3.20 bits per heavy atom. The van der Waals surface area contributed by atoms with Crippen LogP contribution in [0.25, 0.3) is 0 Å². The van der Waals surface area contributed by atoms with E-state index in [9.17, 15) is 4.79 Å². The first-order valence-electron chi connectivity index (χ1n) is 5.12. The molecule has 1 aliphatic rings. The second-order valence-electron chi connectivity index (χ2n) is 3.88. The van der Waals surface area contributed by atoms with E-state index in [4.69, 9.17) is 5.11 Å². The summed E-state index contributed by atoms with van der Waals surface area (Å²) in [6, 6.07) is 3.47. The van der Waals surface area contributed by atoms with Crippen molar-refractivity contribution in [2.75, 3.05) is 6.54 Å². The largest absolute Gasteiger partial charge is 0.480 e. The second-order valence-corrected chi connectivity index (χ2v) is 3.88. The maximum absolute atomic E-state index is 10.9. The van der Waals surface area contributed by atoms with Gasteiger partial charge >= 0.3 is 5.97 Å². The molecule has 1 unspecified atom stereocenters. The third kappa shape index (κ3) is 2.33. The lowest BCUT2D eigenvalue weighted by molar-refractivity contribution is -0.140. The summed E-state index contributed by atoms with van der Waals surface area (Å²) in [5, 5.41) is 12.0. The van der Waals surface area contributed by atoms with Gasteiger partial charge in [-0.1, -0.05) is 6.07 Å². The van der Waals surface area contributed by atoms with Crippen molar-refractivity contribution in [1.29, 1.82) is 0 Å². The number of aliphatic carboxylic acids is 1. The van der Waals surface area contributed by atoms with Gasteiger partial charge in [-0.25, -0.2) is 0 Å². The monoisotopic (exact) mass is 206 g/mol. The molecule has 0 aromatic carbocycles. The maximum Gasteiger partial charge on any atom is 0.320 e. The van der Waals surface area contributed by atoms with Crippen LogP contribution in [0.2, 0.25) is 0 Å². The molecule has 2 heterocycles. The molecule has 1 aromatic rings. The first kappa shape index (κ1) is 10.1. The zero-order valence-electron chi connectivity index (χ0n) is 8.39. The number of hydrogen-bond donors (Lipinski definition) is 2. The lowest BCUT2D eigenvalue weighted by Gasteiger charge is -2.14. The van der Waals surface area contributed by atoms with Crippen molar-refractivity contribution in [3.63, 3.8) is 0 Å². The van der Waals surface area contributed by atoms with E-state index in [0.717, 1.165) is 24.9 Å². The van der Waals surface area contributed by atoms with E-state index in [1.807, 2.05) is 12.1 Å². The smallest absolute Gasteiger partial charge is 0.320 e. The van der Waals surface area contributed by atoms with Gasteiger partial charge in [0.25, 0.3) is 0 Å².